The highest BCUT2D eigenvalue weighted by molar-refractivity contribution is 14.0. The number of nitrogens with zero attached hydrogens (tertiary/aromatic N) is 3. The molecule has 1 rings (SSSR count). The van der Waals surface area contributed by atoms with Crippen LogP contribution in [0.2, 0.25) is 0 Å². The van der Waals surface area contributed by atoms with Crippen molar-refractivity contribution in [2.24, 2.45) is 4.99 Å². The van der Waals surface area contributed by atoms with Crippen LogP contribution in [0.1, 0.15) is 6.92 Å². The van der Waals surface area contributed by atoms with Crippen LogP contribution >= 0.6 is 24.0 Å². The molecule has 0 spiro atoms. The number of aliphatic imine (C=N–C) groups is 1. The highest BCUT2D eigenvalue weighted by Crippen LogP contribution is 1.83. The fraction of sp³-hybridized carbons (Fsp3) is 0.636. The van der Waals surface area contributed by atoms with Crippen molar-refractivity contribution in [1.29, 1.82) is 0 Å². The molecular weight excluding hydrogens is 345 g/mol. The zero-order valence-corrected chi connectivity index (χ0v) is 13.3. The summed E-state index contributed by atoms with van der Waals surface area (Å²) in [5.74, 6) is 0.796. The molecule has 6 nitrogen and oxygen atoms in total. The maximum absolute atomic E-state index is 5.23. The van der Waals surface area contributed by atoms with E-state index in [1.165, 1.54) is 0 Å². The van der Waals surface area contributed by atoms with Gasteiger partial charge < -0.3 is 19.9 Å². The number of ether oxygens (including phenoxy) is 1. The van der Waals surface area contributed by atoms with Gasteiger partial charge in [0.2, 0.25) is 0 Å². The van der Waals surface area contributed by atoms with Gasteiger partial charge in [0.05, 0.1) is 12.9 Å². The Balaban J connectivity index is 0.00000289. The summed E-state index contributed by atoms with van der Waals surface area (Å²) in [7, 11) is 1.76. The van der Waals surface area contributed by atoms with Crippen molar-refractivity contribution in [3.63, 3.8) is 0 Å². The molecule has 2 N–H and O–H groups in total. The van der Waals surface area contributed by atoms with Crippen LogP contribution < -0.4 is 10.6 Å². The molecule has 0 atom stereocenters. The fourth-order valence-corrected chi connectivity index (χ4v) is 1.33. The molecule has 0 amide bonds. The molecule has 0 radical (unpaired) electrons. The van der Waals surface area contributed by atoms with Gasteiger partial charge in [0.25, 0.3) is 0 Å². The van der Waals surface area contributed by atoms with Crippen LogP contribution in [-0.4, -0.2) is 48.9 Å². The van der Waals surface area contributed by atoms with Crippen LogP contribution in [0.4, 0.5) is 0 Å². The monoisotopic (exact) mass is 367 g/mol. The Labute approximate surface area is 125 Å². The molecule has 7 heteroatoms. The first-order chi connectivity index (χ1) is 8.36. The lowest BCUT2D eigenvalue weighted by molar-refractivity contribution is 0.152. The molecule has 0 aromatic carbocycles. The normalized spacial score (nSPS) is 10.9. The quantitative estimate of drug-likeness (QED) is 0.322. The Hall–Kier alpha value is -0.830. The molecule has 18 heavy (non-hydrogen) atoms. The SMILES string of the molecule is CCOCCNC(=NC)NCCn1ccnc1.I. The lowest BCUT2D eigenvalue weighted by atomic mass is 10.6. The molecular formula is C11H22IN5O. The van der Waals surface area contributed by atoms with Gasteiger partial charge in [-0.1, -0.05) is 0 Å². The van der Waals surface area contributed by atoms with Crippen LogP contribution in [-0.2, 0) is 11.3 Å². The van der Waals surface area contributed by atoms with Gasteiger partial charge in [0.1, 0.15) is 0 Å². The van der Waals surface area contributed by atoms with Crippen molar-refractivity contribution in [2.45, 2.75) is 13.5 Å². The highest BCUT2D eigenvalue weighted by Gasteiger charge is 1.96. The second-order valence-electron chi connectivity index (χ2n) is 3.42. The summed E-state index contributed by atoms with van der Waals surface area (Å²) in [5.41, 5.74) is 0. The van der Waals surface area contributed by atoms with E-state index in [-0.39, 0.29) is 24.0 Å². The van der Waals surface area contributed by atoms with E-state index in [2.05, 4.69) is 20.6 Å². The summed E-state index contributed by atoms with van der Waals surface area (Å²) in [4.78, 5) is 8.10. The summed E-state index contributed by atoms with van der Waals surface area (Å²) >= 11 is 0. The Kier molecular flexibility index (Phi) is 10.8. The van der Waals surface area contributed by atoms with E-state index in [4.69, 9.17) is 4.74 Å². The van der Waals surface area contributed by atoms with Gasteiger partial charge in [-0.25, -0.2) is 4.98 Å². The molecule has 0 fully saturated rings. The van der Waals surface area contributed by atoms with Crippen molar-refractivity contribution in [3.8, 4) is 0 Å². The summed E-state index contributed by atoms with van der Waals surface area (Å²) < 4.78 is 7.25. The van der Waals surface area contributed by atoms with E-state index < -0.39 is 0 Å². The van der Waals surface area contributed by atoms with E-state index in [1.807, 2.05) is 17.7 Å². The van der Waals surface area contributed by atoms with Gasteiger partial charge in [-0.2, -0.15) is 0 Å². The summed E-state index contributed by atoms with van der Waals surface area (Å²) in [6, 6.07) is 0. The number of hydrogen-bond donors (Lipinski definition) is 2. The average molecular weight is 367 g/mol. The molecule has 0 aliphatic rings. The molecule has 1 heterocycles. The Morgan fingerprint density at radius 2 is 2.17 bits per heavy atom. The number of imidazole rings is 1. The standard InChI is InChI=1S/C11H21N5O.HI/c1-3-17-9-6-15-11(12-2)14-5-8-16-7-4-13-10-16;/h4,7,10H,3,5-6,8-9H2,1-2H3,(H2,12,14,15);1H. The van der Waals surface area contributed by atoms with E-state index in [0.717, 1.165) is 32.2 Å². The molecule has 0 aliphatic carbocycles. The van der Waals surface area contributed by atoms with Crippen molar-refractivity contribution in [2.75, 3.05) is 33.4 Å². The number of rotatable bonds is 7. The van der Waals surface area contributed by atoms with Crippen LogP contribution in [0.15, 0.2) is 23.7 Å². The first kappa shape index (κ1) is 17.2. The van der Waals surface area contributed by atoms with Gasteiger partial charge in [0.15, 0.2) is 5.96 Å². The minimum Gasteiger partial charge on any atom is -0.380 e. The van der Waals surface area contributed by atoms with Gasteiger partial charge in [-0.15, -0.1) is 24.0 Å². The molecule has 1 aromatic heterocycles. The fourth-order valence-electron chi connectivity index (χ4n) is 1.33. The van der Waals surface area contributed by atoms with Crippen molar-refractivity contribution in [1.82, 2.24) is 20.2 Å². The van der Waals surface area contributed by atoms with Crippen molar-refractivity contribution >= 4 is 29.9 Å². The smallest absolute Gasteiger partial charge is 0.191 e. The summed E-state index contributed by atoms with van der Waals surface area (Å²) in [6.45, 7) is 5.86. The minimum absolute atomic E-state index is 0. The van der Waals surface area contributed by atoms with Crippen LogP contribution in [0.3, 0.4) is 0 Å². The zero-order valence-electron chi connectivity index (χ0n) is 10.9. The van der Waals surface area contributed by atoms with E-state index in [1.54, 1.807) is 19.6 Å². The lowest BCUT2D eigenvalue weighted by Gasteiger charge is -2.11. The van der Waals surface area contributed by atoms with Gasteiger partial charge in [-0.05, 0) is 6.92 Å². The number of guanidine groups is 1. The second kappa shape index (κ2) is 11.3. The third kappa shape index (κ3) is 7.49. The Morgan fingerprint density at radius 3 is 2.78 bits per heavy atom. The van der Waals surface area contributed by atoms with Gasteiger partial charge >= 0.3 is 0 Å². The lowest BCUT2D eigenvalue weighted by Crippen LogP contribution is -2.40. The summed E-state index contributed by atoms with van der Waals surface area (Å²) in [6.07, 6.45) is 5.51. The molecule has 1 aromatic rings. The third-order valence-corrected chi connectivity index (χ3v) is 2.19. The maximum atomic E-state index is 5.23. The molecule has 0 saturated heterocycles. The molecule has 0 unspecified atom stereocenters. The predicted molar refractivity (Wildman–Crippen MR) is 83.5 cm³/mol. The molecule has 0 aliphatic heterocycles. The van der Waals surface area contributed by atoms with Crippen LogP contribution in [0, 0.1) is 0 Å². The van der Waals surface area contributed by atoms with E-state index in [0.29, 0.717) is 6.61 Å². The first-order valence-electron chi connectivity index (χ1n) is 5.84. The predicted octanol–water partition coefficient (Wildman–Crippen LogP) is 0.703. The van der Waals surface area contributed by atoms with E-state index in [9.17, 15) is 0 Å². The Bertz CT molecular complexity index is 315. The largest absolute Gasteiger partial charge is 0.380 e. The average Bonchev–Trinajstić information content (AvgIpc) is 2.85. The number of aromatic nitrogens is 2. The minimum atomic E-state index is 0. The first-order valence-corrected chi connectivity index (χ1v) is 5.84. The van der Waals surface area contributed by atoms with Crippen molar-refractivity contribution < 1.29 is 4.74 Å². The number of hydrogen-bond acceptors (Lipinski definition) is 3. The number of nitrogens with one attached hydrogen (secondary N) is 2. The van der Waals surface area contributed by atoms with Crippen molar-refractivity contribution in [3.05, 3.63) is 18.7 Å². The summed E-state index contributed by atoms with van der Waals surface area (Å²) in [5, 5.41) is 6.39. The second-order valence-corrected chi connectivity index (χ2v) is 3.42. The molecule has 0 saturated carbocycles. The van der Waals surface area contributed by atoms with E-state index >= 15 is 0 Å². The molecule has 0 bridgehead atoms. The maximum Gasteiger partial charge on any atom is 0.191 e. The topological polar surface area (TPSA) is 63.5 Å². The number of halogens is 1. The molecule has 104 valence electrons. The highest BCUT2D eigenvalue weighted by atomic mass is 127. The van der Waals surface area contributed by atoms with Crippen LogP contribution in [0.5, 0.6) is 0 Å². The van der Waals surface area contributed by atoms with Crippen LogP contribution in [0.25, 0.3) is 0 Å². The third-order valence-electron chi connectivity index (χ3n) is 2.19. The Morgan fingerprint density at radius 1 is 1.39 bits per heavy atom. The zero-order chi connectivity index (χ0) is 12.3. The van der Waals surface area contributed by atoms with Gasteiger partial charge in [-0.3, -0.25) is 4.99 Å². The van der Waals surface area contributed by atoms with Gasteiger partial charge in [0, 0.05) is 45.7 Å².